The maximum Gasteiger partial charge on any atom is 0.410 e. The van der Waals surface area contributed by atoms with E-state index in [0.29, 0.717) is 6.61 Å². The van der Waals surface area contributed by atoms with Gasteiger partial charge in [0, 0.05) is 17.6 Å². The van der Waals surface area contributed by atoms with Crippen molar-refractivity contribution in [1.29, 1.82) is 0 Å². The largest absolute Gasteiger partial charge is 0.445 e. The molecule has 1 aromatic heterocycles. The summed E-state index contributed by atoms with van der Waals surface area (Å²) in [5.41, 5.74) is 4.56. The standard InChI is InChI=1S/C25H24N2O2/c28-25(29-17-18-6-2-1-3-7-18)27-22-9-4-10-23(27)15-21(14-22)20-12-11-19-8-5-13-26-24(19)16-20/h1-3,5-8,11-14,16,22-23H,4,9-10,15,17H2. The number of hydrogen-bond acceptors (Lipinski definition) is 3. The molecule has 146 valence electrons. The van der Waals surface area contributed by atoms with Crippen LogP contribution in [0.5, 0.6) is 0 Å². The van der Waals surface area contributed by atoms with E-state index >= 15 is 0 Å². The van der Waals surface area contributed by atoms with Gasteiger partial charge in [0.2, 0.25) is 0 Å². The van der Waals surface area contributed by atoms with Gasteiger partial charge in [0.15, 0.2) is 0 Å². The quantitative estimate of drug-likeness (QED) is 0.592. The molecule has 29 heavy (non-hydrogen) atoms. The Balaban J connectivity index is 1.36. The van der Waals surface area contributed by atoms with Crippen molar-refractivity contribution in [3.05, 3.63) is 84.1 Å². The first-order valence-corrected chi connectivity index (χ1v) is 10.3. The average Bonchev–Trinajstić information content (AvgIpc) is 2.77. The smallest absolute Gasteiger partial charge is 0.410 e. The number of benzene rings is 2. The summed E-state index contributed by atoms with van der Waals surface area (Å²) in [7, 11) is 0. The lowest BCUT2D eigenvalue weighted by atomic mass is 9.83. The summed E-state index contributed by atoms with van der Waals surface area (Å²) in [5, 5.41) is 1.15. The van der Waals surface area contributed by atoms with Crippen LogP contribution in [0.3, 0.4) is 0 Å². The van der Waals surface area contributed by atoms with Crippen LogP contribution in [0.1, 0.15) is 36.8 Å². The van der Waals surface area contributed by atoms with E-state index in [1.807, 2.05) is 47.5 Å². The molecule has 1 amide bonds. The second-order valence-electron chi connectivity index (χ2n) is 7.91. The van der Waals surface area contributed by atoms with Crippen molar-refractivity contribution in [3.63, 3.8) is 0 Å². The summed E-state index contributed by atoms with van der Waals surface area (Å²) in [6.45, 7) is 0.322. The first-order valence-electron chi connectivity index (χ1n) is 10.3. The molecule has 5 rings (SSSR count). The summed E-state index contributed by atoms with van der Waals surface area (Å²) in [5.74, 6) is 0. The van der Waals surface area contributed by atoms with Crippen molar-refractivity contribution >= 4 is 22.6 Å². The first kappa shape index (κ1) is 17.9. The predicted molar refractivity (Wildman–Crippen MR) is 114 cm³/mol. The summed E-state index contributed by atoms with van der Waals surface area (Å²) in [6.07, 6.45) is 7.95. The maximum atomic E-state index is 12.9. The molecular weight excluding hydrogens is 360 g/mol. The lowest BCUT2D eigenvalue weighted by Crippen LogP contribution is -2.51. The minimum Gasteiger partial charge on any atom is -0.445 e. The Morgan fingerprint density at radius 3 is 2.83 bits per heavy atom. The summed E-state index contributed by atoms with van der Waals surface area (Å²) in [6, 6.07) is 20.7. The molecular formula is C25H24N2O2. The average molecular weight is 384 g/mol. The van der Waals surface area contributed by atoms with Crippen LogP contribution in [0.25, 0.3) is 16.5 Å². The summed E-state index contributed by atoms with van der Waals surface area (Å²) in [4.78, 5) is 19.3. The van der Waals surface area contributed by atoms with Gasteiger partial charge in [0.25, 0.3) is 0 Å². The zero-order chi connectivity index (χ0) is 19.6. The Bertz CT molecular complexity index is 1060. The number of hydrogen-bond donors (Lipinski definition) is 0. The third-order valence-corrected chi connectivity index (χ3v) is 6.03. The molecule has 4 heteroatoms. The van der Waals surface area contributed by atoms with E-state index in [1.165, 1.54) is 11.1 Å². The normalized spacial score (nSPS) is 21.0. The fourth-order valence-electron chi connectivity index (χ4n) is 4.59. The third kappa shape index (κ3) is 3.63. The van der Waals surface area contributed by atoms with Crippen LogP contribution < -0.4 is 0 Å². The number of piperidine rings is 1. The molecule has 2 aliphatic heterocycles. The number of fused-ring (bicyclic) bond motifs is 3. The molecule has 2 unspecified atom stereocenters. The van der Waals surface area contributed by atoms with E-state index in [4.69, 9.17) is 4.74 Å². The summed E-state index contributed by atoms with van der Waals surface area (Å²) >= 11 is 0. The zero-order valence-electron chi connectivity index (χ0n) is 16.3. The van der Waals surface area contributed by atoms with Gasteiger partial charge in [-0.15, -0.1) is 0 Å². The molecule has 1 saturated heterocycles. The zero-order valence-corrected chi connectivity index (χ0v) is 16.3. The molecule has 0 spiro atoms. The minimum absolute atomic E-state index is 0.111. The Morgan fingerprint density at radius 2 is 1.97 bits per heavy atom. The van der Waals surface area contributed by atoms with Crippen molar-refractivity contribution in [2.45, 2.75) is 44.4 Å². The Hall–Kier alpha value is -3.14. The number of amides is 1. The van der Waals surface area contributed by atoms with Gasteiger partial charge in [-0.3, -0.25) is 9.88 Å². The van der Waals surface area contributed by atoms with Crippen LogP contribution in [0.2, 0.25) is 0 Å². The van der Waals surface area contributed by atoms with Crippen molar-refractivity contribution < 1.29 is 9.53 Å². The highest BCUT2D eigenvalue weighted by molar-refractivity contribution is 5.84. The van der Waals surface area contributed by atoms with Crippen LogP contribution in [0.15, 0.2) is 72.9 Å². The molecule has 4 nitrogen and oxygen atoms in total. The van der Waals surface area contributed by atoms with Crippen molar-refractivity contribution in [3.8, 4) is 0 Å². The fourth-order valence-corrected chi connectivity index (χ4v) is 4.59. The van der Waals surface area contributed by atoms with Gasteiger partial charge in [-0.05, 0) is 54.5 Å². The van der Waals surface area contributed by atoms with E-state index in [1.54, 1.807) is 0 Å². The monoisotopic (exact) mass is 384 g/mol. The maximum absolute atomic E-state index is 12.9. The van der Waals surface area contributed by atoms with Crippen LogP contribution in [0, 0.1) is 0 Å². The topological polar surface area (TPSA) is 42.4 Å². The van der Waals surface area contributed by atoms with Gasteiger partial charge < -0.3 is 4.74 Å². The van der Waals surface area contributed by atoms with Crippen molar-refractivity contribution in [2.75, 3.05) is 0 Å². The molecule has 2 bridgehead atoms. The molecule has 0 saturated carbocycles. The van der Waals surface area contributed by atoms with E-state index in [0.717, 1.165) is 42.1 Å². The van der Waals surface area contributed by atoms with Crippen LogP contribution in [-0.2, 0) is 11.3 Å². The highest BCUT2D eigenvalue weighted by Crippen LogP contribution is 2.38. The Labute approximate surface area is 170 Å². The molecule has 0 N–H and O–H groups in total. The predicted octanol–water partition coefficient (Wildman–Crippen LogP) is 5.58. The highest BCUT2D eigenvalue weighted by atomic mass is 16.6. The van der Waals surface area contributed by atoms with Crippen LogP contribution in [0.4, 0.5) is 4.79 Å². The number of ether oxygens (including phenoxy) is 1. The van der Waals surface area contributed by atoms with Crippen LogP contribution in [-0.4, -0.2) is 28.1 Å². The van der Waals surface area contributed by atoms with Crippen molar-refractivity contribution in [1.82, 2.24) is 9.88 Å². The van der Waals surface area contributed by atoms with E-state index < -0.39 is 0 Å². The van der Waals surface area contributed by atoms with Gasteiger partial charge in [0.1, 0.15) is 6.61 Å². The number of pyridine rings is 1. The van der Waals surface area contributed by atoms with E-state index in [9.17, 15) is 4.79 Å². The van der Waals surface area contributed by atoms with Gasteiger partial charge >= 0.3 is 6.09 Å². The van der Waals surface area contributed by atoms with Gasteiger partial charge in [-0.2, -0.15) is 0 Å². The molecule has 2 aromatic carbocycles. The first-order chi connectivity index (χ1) is 14.3. The number of rotatable bonds is 3. The highest BCUT2D eigenvalue weighted by Gasteiger charge is 2.38. The number of carbonyl (C=O) groups is 1. The van der Waals surface area contributed by atoms with Crippen LogP contribution >= 0.6 is 0 Å². The van der Waals surface area contributed by atoms with Gasteiger partial charge in [0.05, 0.1) is 11.6 Å². The fraction of sp³-hybridized carbons (Fsp3) is 0.280. The second-order valence-corrected chi connectivity index (χ2v) is 7.91. The molecule has 2 aliphatic rings. The molecule has 2 atom stereocenters. The number of aromatic nitrogens is 1. The SMILES string of the molecule is O=C(OCc1ccccc1)N1C2C=C(c3ccc4cccnc4c3)CC1CCC2. The lowest BCUT2D eigenvalue weighted by Gasteiger charge is -2.44. The Kier molecular flexibility index (Phi) is 4.76. The Morgan fingerprint density at radius 1 is 1.07 bits per heavy atom. The van der Waals surface area contributed by atoms with Gasteiger partial charge in [-0.25, -0.2) is 4.79 Å². The minimum atomic E-state index is -0.195. The molecule has 3 aromatic rings. The molecule has 1 fully saturated rings. The molecule has 0 aliphatic carbocycles. The number of carbonyl (C=O) groups excluding carboxylic acids is 1. The second kappa shape index (κ2) is 7.70. The lowest BCUT2D eigenvalue weighted by molar-refractivity contribution is 0.0510. The number of nitrogens with zero attached hydrogens (tertiary/aromatic N) is 2. The van der Waals surface area contributed by atoms with Gasteiger partial charge in [-0.1, -0.05) is 54.6 Å². The van der Waals surface area contributed by atoms with E-state index in [2.05, 4.69) is 35.3 Å². The summed E-state index contributed by atoms with van der Waals surface area (Å²) < 4.78 is 5.65. The third-order valence-electron chi connectivity index (χ3n) is 6.03. The van der Waals surface area contributed by atoms with Crippen molar-refractivity contribution in [2.24, 2.45) is 0 Å². The van der Waals surface area contributed by atoms with E-state index in [-0.39, 0.29) is 18.2 Å². The molecule has 3 heterocycles. The molecule has 0 radical (unpaired) electrons.